The number of nitrogens with one attached hydrogen (secondary N) is 1. The minimum absolute atomic E-state index is 0.0693. The van der Waals surface area contributed by atoms with Crippen molar-refractivity contribution in [1.29, 1.82) is 0 Å². The summed E-state index contributed by atoms with van der Waals surface area (Å²) in [7, 11) is 0. The van der Waals surface area contributed by atoms with Gasteiger partial charge in [0.05, 0.1) is 0 Å². The van der Waals surface area contributed by atoms with Gasteiger partial charge in [-0.3, -0.25) is 0 Å². The van der Waals surface area contributed by atoms with Crippen LogP contribution >= 0.6 is 0 Å². The lowest BCUT2D eigenvalue weighted by Crippen LogP contribution is -2.41. The number of alkyl carbamates (subject to hydrolysis) is 1. The summed E-state index contributed by atoms with van der Waals surface area (Å²) in [5, 5.41) is 11.1. The molecule has 0 aromatic heterocycles. The van der Waals surface area contributed by atoms with Gasteiger partial charge in [-0.05, 0) is 12.3 Å². The predicted octanol–water partition coefficient (Wildman–Crippen LogP) is 1.40. The highest BCUT2D eigenvalue weighted by Crippen LogP contribution is 2.05. The number of hydrogen-bond donors (Lipinski definition) is 2. The summed E-state index contributed by atoms with van der Waals surface area (Å²) >= 11 is 0. The highest BCUT2D eigenvalue weighted by molar-refractivity contribution is 5.79. The molecule has 0 aliphatic rings. The van der Waals surface area contributed by atoms with Gasteiger partial charge in [-0.25, -0.2) is 9.59 Å². The smallest absolute Gasteiger partial charge is 0.408 e. The number of carboxylic acid groups (broad SMARTS) is 1. The molecule has 0 saturated heterocycles. The van der Waals surface area contributed by atoms with E-state index in [1.807, 2.05) is 13.8 Å². The van der Waals surface area contributed by atoms with Crippen LogP contribution in [0.4, 0.5) is 4.79 Å². The Kier molecular flexibility index (Phi) is 6.17. The number of carbonyl (C=O) groups excluding carboxylic acids is 1. The fourth-order valence-corrected chi connectivity index (χ4v) is 1.01. The number of ether oxygens (including phenoxy) is 1. The van der Waals surface area contributed by atoms with Crippen LogP contribution in [0.2, 0.25) is 0 Å². The second-order valence-electron chi connectivity index (χ2n) is 3.55. The summed E-state index contributed by atoms with van der Waals surface area (Å²) in [6.45, 7) is 7.21. The molecule has 0 unspecified atom stereocenters. The van der Waals surface area contributed by atoms with Gasteiger partial charge in [0.15, 0.2) is 0 Å². The van der Waals surface area contributed by atoms with E-state index >= 15 is 0 Å². The van der Waals surface area contributed by atoms with Crippen molar-refractivity contribution < 1.29 is 19.4 Å². The number of carboxylic acids is 1. The molecule has 1 amide bonds. The second kappa shape index (κ2) is 6.86. The first-order valence-corrected chi connectivity index (χ1v) is 4.74. The van der Waals surface area contributed by atoms with E-state index in [1.165, 1.54) is 6.08 Å². The Hall–Kier alpha value is -1.52. The van der Waals surface area contributed by atoms with E-state index < -0.39 is 18.1 Å². The first kappa shape index (κ1) is 13.5. The average molecular weight is 215 g/mol. The van der Waals surface area contributed by atoms with Crippen LogP contribution in [0.5, 0.6) is 0 Å². The lowest BCUT2D eigenvalue weighted by molar-refractivity contribution is -0.139. The highest BCUT2D eigenvalue weighted by Gasteiger charge is 2.21. The summed E-state index contributed by atoms with van der Waals surface area (Å²) in [5.74, 6) is -0.870. The van der Waals surface area contributed by atoms with E-state index in [-0.39, 0.29) is 12.5 Å². The molecule has 1 atom stereocenters. The van der Waals surface area contributed by atoms with Crippen LogP contribution in [-0.4, -0.2) is 29.8 Å². The number of amides is 1. The molecule has 0 saturated carbocycles. The minimum atomic E-state index is -1.06. The maximum Gasteiger partial charge on any atom is 0.408 e. The number of hydrogen-bond acceptors (Lipinski definition) is 3. The second-order valence-corrected chi connectivity index (χ2v) is 3.55. The van der Waals surface area contributed by atoms with Gasteiger partial charge in [0.25, 0.3) is 0 Å². The molecule has 0 rings (SSSR count). The monoisotopic (exact) mass is 215 g/mol. The van der Waals surface area contributed by atoms with Gasteiger partial charge in [0.1, 0.15) is 12.6 Å². The molecule has 0 aromatic carbocycles. The molecule has 0 spiro atoms. The van der Waals surface area contributed by atoms with Crippen LogP contribution in [0.3, 0.4) is 0 Å². The quantitative estimate of drug-likeness (QED) is 0.656. The van der Waals surface area contributed by atoms with Gasteiger partial charge in [0.2, 0.25) is 0 Å². The van der Waals surface area contributed by atoms with Gasteiger partial charge in [0, 0.05) is 0 Å². The van der Waals surface area contributed by atoms with E-state index in [9.17, 15) is 9.59 Å². The first-order chi connectivity index (χ1) is 6.97. The van der Waals surface area contributed by atoms with Crippen molar-refractivity contribution in [2.75, 3.05) is 6.61 Å². The van der Waals surface area contributed by atoms with Crippen molar-refractivity contribution in [2.45, 2.75) is 26.3 Å². The molecule has 0 aliphatic carbocycles. The van der Waals surface area contributed by atoms with Crippen LogP contribution in [0.15, 0.2) is 12.7 Å². The SMILES string of the molecule is C=CCOC(=O)N[C@H](CC(C)C)C(=O)O. The Morgan fingerprint density at radius 1 is 1.53 bits per heavy atom. The summed E-state index contributed by atoms with van der Waals surface area (Å²) in [6.07, 6.45) is 1.05. The fourth-order valence-electron chi connectivity index (χ4n) is 1.01. The number of carbonyl (C=O) groups is 2. The van der Waals surface area contributed by atoms with Crippen molar-refractivity contribution in [3.8, 4) is 0 Å². The lowest BCUT2D eigenvalue weighted by atomic mass is 10.0. The zero-order valence-corrected chi connectivity index (χ0v) is 9.03. The van der Waals surface area contributed by atoms with E-state index in [4.69, 9.17) is 5.11 Å². The van der Waals surface area contributed by atoms with Gasteiger partial charge in [-0.15, -0.1) is 0 Å². The van der Waals surface area contributed by atoms with E-state index in [0.717, 1.165) is 0 Å². The van der Waals surface area contributed by atoms with Crippen molar-refractivity contribution in [3.63, 3.8) is 0 Å². The van der Waals surface area contributed by atoms with Gasteiger partial charge in [-0.2, -0.15) is 0 Å². The van der Waals surface area contributed by atoms with Gasteiger partial charge >= 0.3 is 12.1 Å². The molecular weight excluding hydrogens is 198 g/mol. The molecule has 0 aromatic rings. The molecular formula is C10H17NO4. The van der Waals surface area contributed by atoms with Crippen molar-refractivity contribution >= 4 is 12.1 Å². The largest absolute Gasteiger partial charge is 0.480 e. The third-order valence-electron chi connectivity index (χ3n) is 1.63. The average Bonchev–Trinajstić information content (AvgIpc) is 2.12. The molecule has 15 heavy (non-hydrogen) atoms. The first-order valence-electron chi connectivity index (χ1n) is 4.74. The van der Waals surface area contributed by atoms with Gasteiger partial charge < -0.3 is 15.2 Å². The molecule has 2 N–H and O–H groups in total. The maximum atomic E-state index is 11.1. The van der Waals surface area contributed by atoms with Gasteiger partial charge in [-0.1, -0.05) is 26.5 Å². The summed E-state index contributed by atoms with van der Waals surface area (Å²) in [4.78, 5) is 21.8. The van der Waals surface area contributed by atoms with Crippen molar-refractivity contribution in [3.05, 3.63) is 12.7 Å². The third kappa shape index (κ3) is 6.54. The Morgan fingerprint density at radius 2 is 2.13 bits per heavy atom. The predicted molar refractivity (Wildman–Crippen MR) is 55.6 cm³/mol. The van der Waals surface area contributed by atoms with Crippen LogP contribution in [0.1, 0.15) is 20.3 Å². The fraction of sp³-hybridized carbons (Fsp3) is 0.600. The Labute approximate surface area is 89.1 Å². The molecule has 0 aliphatic heterocycles. The van der Waals surface area contributed by atoms with E-state index in [0.29, 0.717) is 6.42 Å². The molecule has 0 fully saturated rings. The topological polar surface area (TPSA) is 75.6 Å². The third-order valence-corrected chi connectivity index (χ3v) is 1.63. The summed E-state index contributed by atoms with van der Waals surface area (Å²) in [6, 6.07) is -0.901. The molecule has 5 nitrogen and oxygen atoms in total. The Balaban J connectivity index is 4.10. The van der Waals surface area contributed by atoms with Crippen LogP contribution in [-0.2, 0) is 9.53 Å². The van der Waals surface area contributed by atoms with Crippen molar-refractivity contribution in [1.82, 2.24) is 5.32 Å². The number of aliphatic carboxylic acids is 1. The Morgan fingerprint density at radius 3 is 2.53 bits per heavy atom. The zero-order valence-electron chi connectivity index (χ0n) is 9.03. The standard InChI is InChI=1S/C10H17NO4/c1-4-5-15-10(14)11-8(9(12)13)6-7(2)3/h4,7-8H,1,5-6H2,2-3H3,(H,11,14)(H,12,13)/t8-/m1/s1. The zero-order chi connectivity index (χ0) is 11.8. The molecule has 0 bridgehead atoms. The lowest BCUT2D eigenvalue weighted by Gasteiger charge is -2.15. The van der Waals surface area contributed by atoms with Crippen LogP contribution < -0.4 is 5.32 Å². The van der Waals surface area contributed by atoms with Crippen molar-refractivity contribution in [2.24, 2.45) is 5.92 Å². The molecule has 0 radical (unpaired) electrons. The Bertz CT molecular complexity index is 238. The highest BCUT2D eigenvalue weighted by atomic mass is 16.5. The molecule has 86 valence electrons. The summed E-state index contributed by atoms with van der Waals surface area (Å²) < 4.78 is 4.62. The normalized spacial score (nSPS) is 11.9. The summed E-state index contributed by atoms with van der Waals surface area (Å²) in [5.41, 5.74) is 0. The van der Waals surface area contributed by atoms with Crippen LogP contribution in [0, 0.1) is 5.92 Å². The molecule has 0 heterocycles. The van der Waals surface area contributed by atoms with E-state index in [1.54, 1.807) is 0 Å². The number of rotatable bonds is 6. The maximum absolute atomic E-state index is 11.1. The van der Waals surface area contributed by atoms with Crippen LogP contribution in [0.25, 0.3) is 0 Å². The molecule has 5 heteroatoms. The van der Waals surface area contributed by atoms with E-state index in [2.05, 4.69) is 16.6 Å². The minimum Gasteiger partial charge on any atom is -0.480 e.